The Bertz CT molecular complexity index is 474. The number of hydrogen-bond acceptors (Lipinski definition) is 8. The Labute approximate surface area is 143 Å². The van der Waals surface area contributed by atoms with Crippen molar-refractivity contribution >= 4 is 36.3 Å². The Balaban J connectivity index is 4.99. The predicted molar refractivity (Wildman–Crippen MR) is 85.1 cm³/mol. The first-order chi connectivity index (χ1) is 11.2. The molecule has 0 rings (SSSR count). The van der Waals surface area contributed by atoms with Crippen molar-refractivity contribution < 1.29 is 34.5 Å². The zero-order valence-corrected chi connectivity index (χ0v) is 13.8. The standard InChI is InChI=1S/C12H22N4O7S/c1-5(18)9(11(21)15-6(3-17)12(22)23)16-10(20)7(4-24)14-8(19)2-13/h5-7,9,17-18,24H,2-4,13H2,1H3,(H,14,19)(H,15,21)(H,16,20)(H,22,23). The Hall–Kier alpha value is -1.89. The van der Waals surface area contributed by atoms with Crippen LogP contribution in [0.25, 0.3) is 0 Å². The van der Waals surface area contributed by atoms with Crippen LogP contribution in [0, 0.1) is 0 Å². The lowest BCUT2D eigenvalue weighted by atomic mass is 10.1. The second-order valence-electron chi connectivity index (χ2n) is 4.82. The molecule has 11 nitrogen and oxygen atoms in total. The quantitative estimate of drug-likeness (QED) is 0.178. The second kappa shape index (κ2) is 10.8. The molecule has 0 aliphatic heterocycles. The van der Waals surface area contributed by atoms with Crippen molar-refractivity contribution in [3.05, 3.63) is 0 Å². The minimum Gasteiger partial charge on any atom is -0.480 e. The fourth-order valence-corrected chi connectivity index (χ4v) is 1.81. The summed E-state index contributed by atoms with van der Waals surface area (Å²) in [6.45, 7) is -0.0184. The number of hydrogen-bond donors (Lipinski definition) is 8. The molecule has 12 heteroatoms. The molecular weight excluding hydrogens is 344 g/mol. The number of nitrogens with one attached hydrogen (secondary N) is 3. The summed E-state index contributed by atoms with van der Waals surface area (Å²) in [6.07, 6.45) is -1.37. The van der Waals surface area contributed by atoms with Gasteiger partial charge < -0.3 is 37.0 Å². The van der Waals surface area contributed by atoms with Crippen LogP contribution in [-0.4, -0.2) is 82.1 Å². The molecule has 4 atom stereocenters. The topological polar surface area (TPSA) is 191 Å². The van der Waals surface area contributed by atoms with Gasteiger partial charge in [0.05, 0.1) is 19.3 Å². The van der Waals surface area contributed by atoms with E-state index in [9.17, 15) is 24.3 Å². The Morgan fingerprint density at radius 1 is 1.08 bits per heavy atom. The van der Waals surface area contributed by atoms with E-state index in [1.165, 1.54) is 6.92 Å². The maximum absolute atomic E-state index is 12.1. The van der Waals surface area contributed by atoms with E-state index in [4.69, 9.17) is 15.9 Å². The molecule has 0 aromatic carbocycles. The highest BCUT2D eigenvalue weighted by atomic mass is 32.1. The van der Waals surface area contributed by atoms with Crippen molar-refractivity contribution in [2.75, 3.05) is 18.9 Å². The van der Waals surface area contributed by atoms with Gasteiger partial charge in [-0.15, -0.1) is 0 Å². The number of thiol groups is 1. The molecule has 0 aliphatic carbocycles. The Kier molecular flexibility index (Phi) is 9.95. The summed E-state index contributed by atoms with van der Waals surface area (Å²) in [5.41, 5.74) is 5.12. The van der Waals surface area contributed by atoms with E-state index in [1.807, 2.05) is 5.32 Å². The van der Waals surface area contributed by atoms with Crippen LogP contribution in [0.5, 0.6) is 0 Å². The highest BCUT2D eigenvalue weighted by Gasteiger charge is 2.31. The van der Waals surface area contributed by atoms with Gasteiger partial charge in [0.15, 0.2) is 0 Å². The number of aliphatic hydroxyl groups is 2. The third-order valence-corrected chi connectivity index (χ3v) is 3.24. The molecular formula is C12H22N4O7S. The van der Waals surface area contributed by atoms with Crippen LogP contribution in [0.3, 0.4) is 0 Å². The first kappa shape index (κ1) is 22.1. The molecule has 4 unspecified atom stereocenters. The highest BCUT2D eigenvalue weighted by molar-refractivity contribution is 7.80. The third kappa shape index (κ3) is 7.12. The number of amides is 3. The van der Waals surface area contributed by atoms with Gasteiger partial charge in [-0.25, -0.2) is 4.79 Å². The van der Waals surface area contributed by atoms with Crippen molar-refractivity contribution in [3.8, 4) is 0 Å². The van der Waals surface area contributed by atoms with Crippen LogP contribution in [0.1, 0.15) is 6.92 Å². The molecule has 0 fully saturated rings. The largest absolute Gasteiger partial charge is 0.480 e. The summed E-state index contributed by atoms with van der Waals surface area (Å²) in [5, 5.41) is 33.7. The van der Waals surface area contributed by atoms with Crippen LogP contribution in [0.2, 0.25) is 0 Å². The molecule has 0 aromatic heterocycles. The molecule has 0 saturated carbocycles. The summed E-state index contributed by atoms with van der Waals surface area (Å²) in [5.74, 6) is -4.02. The lowest BCUT2D eigenvalue weighted by Crippen LogP contribution is -2.60. The number of carboxylic acids is 1. The second-order valence-corrected chi connectivity index (χ2v) is 5.18. The number of carboxylic acid groups (broad SMARTS) is 1. The van der Waals surface area contributed by atoms with E-state index in [0.29, 0.717) is 0 Å². The zero-order chi connectivity index (χ0) is 18.9. The first-order valence-electron chi connectivity index (χ1n) is 6.90. The summed E-state index contributed by atoms with van der Waals surface area (Å²) in [6, 6.07) is -4.19. The third-order valence-electron chi connectivity index (χ3n) is 2.88. The van der Waals surface area contributed by atoms with Gasteiger partial charge in [-0.1, -0.05) is 0 Å². The molecule has 24 heavy (non-hydrogen) atoms. The van der Waals surface area contributed by atoms with E-state index >= 15 is 0 Å². The number of carbonyl (C=O) groups is 4. The summed E-state index contributed by atoms with van der Waals surface area (Å²) in [4.78, 5) is 46.1. The summed E-state index contributed by atoms with van der Waals surface area (Å²) >= 11 is 3.90. The maximum Gasteiger partial charge on any atom is 0.328 e. The fourth-order valence-electron chi connectivity index (χ4n) is 1.55. The fraction of sp³-hybridized carbons (Fsp3) is 0.667. The zero-order valence-electron chi connectivity index (χ0n) is 12.9. The maximum atomic E-state index is 12.1. The van der Waals surface area contributed by atoms with E-state index < -0.39 is 54.5 Å². The van der Waals surface area contributed by atoms with Crippen molar-refractivity contribution in [2.24, 2.45) is 5.73 Å². The molecule has 0 aliphatic rings. The average molecular weight is 366 g/mol. The highest BCUT2D eigenvalue weighted by Crippen LogP contribution is 1.98. The van der Waals surface area contributed by atoms with Crippen LogP contribution in [0.4, 0.5) is 0 Å². The van der Waals surface area contributed by atoms with Gasteiger partial charge in [-0.2, -0.15) is 12.6 Å². The lowest BCUT2D eigenvalue weighted by Gasteiger charge is -2.25. The number of nitrogens with two attached hydrogens (primary N) is 1. The van der Waals surface area contributed by atoms with Crippen molar-refractivity contribution in [3.63, 3.8) is 0 Å². The first-order valence-corrected chi connectivity index (χ1v) is 7.53. The minimum atomic E-state index is -1.59. The van der Waals surface area contributed by atoms with Gasteiger partial charge in [-0.3, -0.25) is 14.4 Å². The van der Waals surface area contributed by atoms with Gasteiger partial charge in [0, 0.05) is 5.75 Å². The molecule has 0 saturated heterocycles. The monoisotopic (exact) mass is 366 g/mol. The molecule has 8 N–H and O–H groups in total. The van der Waals surface area contributed by atoms with Crippen LogP contribution in [0.15, 0.2) is 0 Å². The molecule has 0 aromatic rings. The number of rotatable bonds is 10. The Morgan fingerprint density at radius 2 is 1.67 bits per heavy atom. The van der Waals surface area contributed by atoms with Gasteiger partial charge in [0.25, 0.3) is 0 Å². The number of aliphatic carboxylic acids is 1. The Morgan fingerprint density at radius 3 is 2.04 bits per heavy atom. The summed E-state index contributed by atoms with van der Waals surface area (Å²) in [7, 11) is 0. The molecule has 138 valence electrons. The van der Waals surface area contributed by atoms with Crippen LogP contribution in [-0.2, 0) is 19.2 Å². The van der Waals surface area contributed by atoms with Gasteiger partial charge in [-0.05, 0) is 6.92 Å². The minimum absolute atomic E-state index is 0.0971. The average Bonchev–Trinajstić information content (AvgIpc) is 2.53. The van der Waals surface area contributed by atoms with E-state index in [-0.39, 0.29) is 12.3 Å². The lowest BCUT2D eigenvalue weighted by molar-refractivity contribution is -0.144. The SMILES string of the molecule is CC(O)C(NC(=O)C(CS)NC(=O)CN)C(=O)NC(CO)C(=O)O. The van der Waals surface area contributed by atoms with E-state index in [0.717, 1.165) is 0 Å². The van der Waals surface area contributed by atoms with Crippen LogP contribution >= 0.6 is 12.6 Å². The van der Waals surface area contributed by atoms with Crippen molar-refractivity contribution in [1.82, 2.24) is 16.0 Å². The molecule has 0 radical (unpaired) electrons. The predicted octanol–water partition coefficient (Wildman–Crippen LogP) is -4.21. The van der Waals surface area contributed by atoms with Gasteiger partial charge in [0.2, 0.25) is 17.7 Å². The number of aliphatic hydroxyl groups excluding tert-OH is 2. The molecule has 0 bridgehead atoms. The van der Waals surface area contributed by atoms with Gasteiger partial charge in [0.1, 0.15) is 18.1 Å². The smallest absolute Gasteiger partial charge is 0.328 e. The van der Waals surface area contributed by atoms with Gasteiger partial charge >= 0.3 is 5.97 Å². The van der Waals surface area contributed by atoms with Crippen molar-refractivity contribution in [2.45, 2.75) is 31.2 Å². The normalized spacial score (nSPS) is 15.5. The molecule has 0 heterocycles. The number of carbonyl (C=O) groups excluding carboxylic acids is 3. The summed E-state index contributed by atoms with van der Waals surface area (Å²) < 4.78 is 0. The van der Waals surface area contributed by atoms with Crippen molar-refractivity contribution in [1.29, 1.82) is 0 Å². The van der Waals surface area contributed by atoms with E-state index in [2.05, 4.69) is 23.3 Å². The van der Waals surface area contributed by atoms with E-state index in [1.54, 1.807) is 0 Å². The molecule has 0 spiro atoms. The van der Waals surface area contributed by atoms with Crippen LogP contribution < -0.4 is 21.7 Å². The molecule has 3 amide bonds.